The van der Waals surface area contributed by atoms with Gasteiger partial charge in [-0.2, -0.15) is 0 Å². The highest BCUT2D eigenvalue weighted by atomic mass is 16.4. The Hall–Kier alpha value is -8.59. The predicted octanol–water partition coefficient (Wildman–Crippen LogP) is 0.269. The fourth-order valence-electron chi connectivity index (χ4n) is 6.18. The molecule has 5 aromatic rings. The number of carbonyl (C=O) groups is 7. The van der Waals surface area contributed by atoms with E-state index in [-0.39, 0.29) is 30.7 Å². The molecule has 0 aliphatic carbocycles. The number of carboxylic acids is 7. The van der Waals surface area contributed by atoms with E-state index in [4.69, 9.17) is 97.9 Å². The average Bonchev–Trinajstić information content (AvgIpc) is 4.18. The Kier molecular flexibility index (Phi) is 42.7. The number of hydrogen-bond acceptors (Lipinski definition) is 19. The summed E-state index contributed by atoms with van der Waals surface area (Å²) < 4.78 is 0. The lowest BCUT2D eigenvalue weighted by Gasteiger charge is -2.07. The summed E-state index contributed by atoms with van der Waals surface area (Å²) >= 11 is 0. The number of phenols is 1. The van der Waals surface area contributed by atoms with Crippen LogP contribution in [0.5, 0.6) is 5.75 Å². The number of guanidine groups is 1. The summed E-state index contributed by atoms with van der Waals surface area (Å²) in [6, 6.07) is 17.8. The minimum atomic E-state index is -1.02. The molecule has 464 valence electrons. The number of rotatable bonds is 25. The third kappa shape index (κ3) is 40.3. The summed E-state index contributed by atoms with van der Waals surface area (Å²) in [5, 5.41) is 78.5. The zero-order valence-corrected chi connectivity index (χ0v) is 46.6. The average molecular weight is 1170 g/mol. The monoisotopic (exact) mass is 1170 g/mol. The van der Waals surface area contributed by atoms with Gasteiger partial charge in [-0.25, -0.2) is 4.98 Å². The van der Waals surface area contributed by atoms with E-state index in [2.05, 4.69) is 20.3 Å². The van der Waals surface area contributed by atoms with Gasteiger partial charge in [0.05, 0.1) is 12.0 Å². The Bertz CT molecular complexity index is 2610. The third-order valence-electron chi connectivity index (χ3n) is 10.7. The molecule has 0 aliphatic rings. The van der Waals surface area contributed by atoms with Gasteiger partial charge in [-0.05, 0) is 92.3 Å². The minimum absolute atomic E-state index is 0. The Balaban J connectivity index is -0.000000903. The van der Waals surface area contributed by atoms with E-state index < -0.39 is 84.1 Å². The topological polar surface area (TPSA) is 631 Å². The number of H-pyrrole nitrogens is 2. The molecule has 0 amide bonds. The number of imidazole rings is 1. The van der Waals surface area contributed by atoms with E-state index in [9.17, 15) is 33.6 Å². The molecule has 0 aliphatic heterocycles. The van der Waals surface area contributed by atoms with Crippen molar-refractivity contribution in [1.29, 1.82) is 5.41 Å². The number of aromatic amines is 2. The Morgan fingerprint density at radius 1 is 0.554 bits per heavy atom. The molecule has 0 bridgehead atoms. The quantitative estimate of drug-likeness (QED) is 0.0212. The van der Waals surface area contributed by atoms with E-state index in [0.717, 1.165) is 40.4 Å². The molecule has 30 nitrogen and oxygen atoms in total. The second kappa shape index (κ2) is 45.1. The summed E-state index contributed by atoms with van der Waals surface area (Å²) in [6.45, 7) is 4.98. The van der Waals surface area contributed by atoms with Crippen LogP contribution in [-0.4, -0.2) is 159 Å². The highest BCUT2D eigenvalue weighted by Gasteiger charge is 2.17. The first kappa shape index (κ1) is 78.6. The standard InChI is InChI=1S/C11H12N2O2.C9H11NO3.C9H11NO2.C6H14N4O2.C6H9N3O2.C6H14N2O2.C6H13NO2.H3N/c12-9(11(14)15)5-7-6-13-10-4-2-1-3-8(7)10;10-8(9(12)13)5-6-1-3-7(11)4-2-6;10-8(9(11)12)6-7-4-2-1-3-5-7;7-4(5(11)12)2-1-3-10-6(8)9;7-5(6(10)11)1-4-2-8-3-9-4;7-4-2-1-3-5(8)6(9)10;1-4(2)3-5(7)6(8)9;/h1-4,6,9,13H,5,12H2,(H,14,15);1-4,8,11H,5,10H2,(H,12,13);1-5,8H,6,10H2,(H,11,12);4H,1-3,7H2,(H,11,12)(H4,8,9,10);2-3,5H,1,7H2,(H,8,9)(H,10,11);5H,1-4,7-8H2,(H,9,10);4-5H,3,7H2,1-2H3,(H,8,9);1H3. The molecule has 33 N–H and O–H groups in total. The van der Waals surface area contributed by atoms with Gasteiger partial charge in [0.25, 0.3) is 0 Å². The van der Waals surface area contributed by atoms with Crippen LogP contribution in [0, 0.1) is 11.3 Å². The van der Waals surface area contributed by atoms with Crippen LogP contribution in [0.4, 0.5) is 0 Å². The number of unbranched alkanes of at least 4 members (excludes halogenated alkanes) is 1. The number of fused-ring (bicyclic) bond motifs is 1. The lowest BCUT2D eigenvalue weighted by molar-refractivity contribution is -0.139. The third-order valence-corrected chi connectivity index (χ3v) is 10.7. The van der Waals surface area contributed by atoms with Crippen LogP contribution in [0.25, 0.3) is 10.9 Å². The first-order valence-corrected chi connectivity index (χ1v) is 25.4. The zero-order valence-electron chi connectivity index (χ0n) is 46.6. The van der Waals surface area contributed by atoms with Crippen molar-refractivity contribution in [3.63, 3.8) is 0 Å². The molecule has 2 heterocycles. The number of aromatic nitrogens is 3. The normalized spacial score (nSPS) is 12.6. The number of aromatic hydroxyl groups is 1. The molecule has 0 saturated carbocycles. The van der Waals surface area contributed by atoms with Gasteiger partial charge in [0, 0.05) is 42.7 Å². The largest absolute Gasteiger partial charge is 0.508 e. The van der Waals surface area contributed by atoms with Crippen molar-refractivity contribution in [3.8, 4) is 5.75 Å². The van der Waals surface area contributed by atoms with Crippen molar-refractivity contribution in [2.45, 2.75) is 120 Å². The summed E-state index contributed by atoms with van der Waals surface area (Å²) in [5.74, 6) is -6.40. The molecular weight excluding hydrogens is 1090 g/mol. The maximum absolute atomic E-state index is 10.6. The fraction of sp³-hybridized carbons (Fsp3) is 0.415. The van der Waals surface area contributed by atoms with Gasteiger partial charge in [-0.3, -0.25) is 39.0 Å². The highest BCUT2D eigenvalue weighted by Crippen LogP contribution is 2.19. The lowest BCUT2D eigenvalue weighted by Crippen LogP contribution is -2.34. The van der Waals surface area contributed by atoms with Gasteiger partial charge < -0.3 is 114 Å². The number of benzene rings is 3. The molecular formula is C53H87N15O15. The summed E-state index contributed by atoms with van der Waals surface area (Å²) in [6.07, 6.45) is 9.89. The van der Waals surface area contributed by atoms with Crippen molar-refractivity contribution in [2.24, 2.45) is 57.5 Å². The maximum atomic E-state index is 10.6. The van der Waals surface area contributed by atoms with Crippen molar-refractivity contribution in [2.75, 3.05) is 13.1 Å². The molecule has 0 radical (unpaired) electrons. The smallest absolute Gasteiger partial charge is 0.320 e. The molecule has 0 fully saturated rings. The van der Waals surface area contributed by atoms with Crippen LogP contribution in [0.1, 0.15) is 74.8 Å². The number of phenolic OH excluding ortho intramolecular Hbond substituents is 1. The van der Waals surface area contributed by atoms with Crippen LogP contribution in [-0.2, 0) is 59.2 Å². The SMILES string of the molecule is CC(C)CC(N)C(=O)O.N.N=C(N)NCCCC(N)C(=O)O.NC(Cc1c[nH]c2ccccc12)C(=O)O.NC(Cc1c[nH]cn1)C(=O)O.NC(Cc1ccc(O)cc1)C(=O)O.NC(Cc1ccccc1)C(=O)O.NCCCCC(N)C(=O)O. The Morgan fingerprint density at radius 2 is 0.988 bits per heavy atom. The predicted molar refractivity (Wildman–Crippen MR) is 312 cm³/mol. The number of nitrogens with one attached hydrogen (secondary N) is 4. The van der Waals surface area contributed by atoms with E-state index in [1.807, 2.05) is 74.6 Å². The van der Waals surface area contributed by atoms with Crippen LogP contribution in [0.2, 0.25) is 0 Å². The zero-order chi connectivity index (χ0) is 62.9. The Morgan fingerprint density at radius 3 is 1.41 bits per heavy atom. The van der Waals surface area contributed by atoms with Crippen molar-refractivity contribution in [1.82, 2.24) is 26.4 Å². The second-order valence-corrected chi connectivity index (χ2v) is 18.4. The molecule has 0 saturated heterocycles. The molecule has 83 heavy (non-hydrogen) atoms. The van der Waals surface area contributed by atoms with Gasteiger partial charge >= 0.3 is 41.8 Å². The maximum Gasteiger partial charge on any atom is 0.320 e. The number of aliphatic carboxylic acids is 7. The first-order chi connectivity index (χ1) is 38.4. The second-order valence-electron chi connectivity index (χ2n) is 18.4. The van der Waals surface area contributed by atoms with Gasteiger partial charge in [0.1, 0.15) is 48.0 Å². The lowest BCUT2D eigenvalue weighted by atomic mass is 10.1. The first-order valence-electron chi connectivity index (χ1n) is 25.4. The summed E-state index contributed by atoms with van der Waals surface area (Å²) in [5.41, 5.74) is 51.6. The molecule has 0 spiro atoms. The van der Waals surface area contributed by atoms with Gasteiger partial charge in [0.2, 0.25) is 0 Å². The molecule has 7 atom stereocenters. The molecule has 5 rings (SSSR count). The summed E-state index contributed by atoms with van der Waals surface area (Å²) in [4.78, 5) is 81.8. The summed E-state index contributed by atoms with van der Waals surface area (Å²) in [7, 11) is 0. The molecule has 7 unspecified atom stereocenters. The van der Waals surface area contributed by atoms with Crippen molar-refractivity contribution < 1.29 is 74.4 Å². The number of carboxylic acid groups (broad SMARTS) is 7. The van der Waals surface area contributed by atoms with E-state index >= 15 is 0 Å². The molecule has 2 aromatic heterocycles. The van der Waals surface area contributed by atoms with Gasteiger partial charge in [-0.1, -0.05) is 80.9 Å². The van der Waals surface area contributed by atoms with E-state index in [1.54, 1.807) is 18.3 Å². The molecule has 30 heteroatoms. The highest BCUT2D eigenvalue weighted by molar-refractivity contribution is 5.84. The number of nitrogens with two attached hydrogens (primary N) is 9. The van der Waals surface area contributed by atoms with Crippen LogP contribution in [0.15, 0.2) is 97.6 Å². The minimum Gasteiger partial charge on any atom is -0.508 e. The van der Waals surface area contributed by atoms with Gasteiger partial charge in [-0.15, -0.1) is 0 Å². The van der Waals surface area contributed by atoms with E-state index in [0.29, 0.717) is 63.2 Å². The number of para-hydroxylation sites is 1. The van der Waals surface area contributed by atoms with Crippen LogP contribution >= 0.6 is 0 Å². The van der Waals surface area contributed by atoms with Gasteiger partial charge in [0.15, 0.2) is 5.96 Å². The Labute approximate surface area is 480 Å². The fourth-order valence-corrected chi connectivity index (χ4v) is 6.18. The molecule has 3 aromatic carbocycles. The number of hydrogen-bond donors (Lipinski definition) is 22. The number of nitrogens with zero attached hydrogens (tertiary/aromatic N) is 1. The van der Waals surface area contributed by atoms with Crippen molar-refractivity contribution >= 4 is 58.6 Å². The van der Waals surface area contributed by atoms with Crippen LogP contribution in [0.3, 0.4) is 0 Å². The van der Waals surface area contributed by atoms with Crippen molar-refractivity contribution in [3.05, 3.63) is 120 Å². The van der Waals surface area contributed by atoms with Crippen LogP contribution < -0.4 is 63.1 Å². The van der Waals surface area contributed by atoms with E-state index in [1.165, 1.54) is 18.5 Å².